The Balaban J connectivity index is 3.25. The van der Waals surface area contributed by atoms with Crippen molar-refractivity contribution in [3.05, 3.63) is 30.0 Å². The largest absolute Gasteiger partial charge is 0.466 e. The third kappa shape index (κ3) is 5.50. The van der Waals surface area contributed by atoms with Crippen LogP contribution in [-0.4, -0.2) is 20.7 Å². The minimum absolute atomic E-state index is 0.168. The first kappa shape index (κ1) is 21.5. The van der Waals surface area contributed by atoms with Crippen molar-refractivity contribution in [3.8, 4) is 23.6 Å². The van der Waals surface area contributed by atoms with Crippen LogP contribution < -0.4 is 0 Å². The van der Waals surface area contributed by atoms with Crippen LogP contribution in [0.25, 0.3) is 0 Å². The predicted molar refractivity (Wildman–Crippen MR) is 104 cm³/mol. The molecule has 0 unspecified atom stereocenters. The number of esters is 1. The zero-order chi connectivity index (χ0) is 19.8. The molecule has 0 N–H and O–H groups in total. The van der Waals surface area contributed by atoms with Crippen molar-refractivity contribution in [1.82, 2.24) is 0 Å². The molecular weight excluding hydrogens is 340 g/mol. The minimum atomic E-state index is -1.59. The van der Waals surface area contributed by atoms with Gasteiger partial charge in [-0.05, 0) is 31.4 Å². The summed E-state index contributed by atoms with van der Waals surface area (Å²) in [5.74, 6) is 2.29. The fraction of sp³-hybridized carbons (Fsp3) is 0.524. The Morgan fingerprint density at radius 2 is 2.08 bits per heavy atom. The van der Waals surface area contributed by atoms with Crippen molar-refractivity contribution in [1.29, 1.82) is 10.5 Å². The van der Waals surface area contributed by atoms with Gasteiger partial charge in [-0.15, -0.1) is 17.2 Å². The van der Waals surface area contributed by atoms with Crippen LogP contribution in [0.3, 0.4) is 0 Å². The van der Waals surface area contributed by atoms with Gasteiger partial charge in [0, 0.05) is 12.3 Å². The van der Waals surface area contributed by atoms with Gasteiger partial charge < -0.3 is 4.74 Å². The molecule has 1 aliphatic rings. The third-order valence-electron chi connectivity index (χ3n) is 4.19. The molecule has 0 bridgehead atoms. The van der Waals surface area contributed by atoms with Gasteiger partial charge in [0.2, 0.25) is 0 Å². The van der Waals surface area contributed by atoms with Crippen molar-refractivity contribution >= 4 is 14.0 Å². The van der Waals surface area contributed by atoms with Crippen molar-refractivity contribution in [2.24, 2.45) is 17.3 Å². The van der Waals surface area contributed by atoms with Gasteiger partial charge in [0.15, 0.2) is 5.41 Å². The molecule has 4 nitrogen and oxygen atoms in total. The summed E-state index contributed by atoms with van der Waals surface area (Å²) in [6.07, 6.45) is 4.68. The average molecular weight is 367 g/mol. The number of ether oxygens (including phenoxy) is 1. The summed E-state index contributed by atoms with van der Waals surface area (Å²) in [6, 6.07) is 4.36. The van der Waals surface area contributed by atoms with Crippen LogP contribution in [0.5, 0.6) is 0 Å². The summed E-state index contributed by atoms with van der Waals surface area (Å²) in [4.78, 5) is 12.1. The van der Waals surface area contributed by atoms with Crippen molar-refractivity contribution in [3.63, 3.8) is 0 Å². The monoisotopic (exact) mass is 366 g/mol. The Bertz CT molecular complexity index is 745. The summed E-state index contributed by atoms with van der Waals surface area (Å²) in [5, 5.41) is 19.6. The molecule has 5 heteroatoms. The van der Waals surface area contributed by atoms with Gasteiger partial charge in [-0.2, -0.15) is 10.5 Å². The second-order valence-electron chi connectivity index (χ2n) is 7.41. The van der Waals surface area contributed by atoms with E-state index in [1.165, 1.54) is 0 Å². The fourth-order valence-corrected chi connectivity index (χ4v) is 3.59. The van der Waals surface area contributed by atoms with E-state index in [-0.39, 0.29) is 24.2 Å². The smallest absolute Gasteiger partial charge is 0.309 e. The summed E-state index contributed by atoms with van der Waals surface area (Å²) in [6.45, 7) is 12.1. The van der Waals surface area contributed by atoms with E-state index >= 15 is 0 Å². The average Bonchev–Trinajstić information content (AvgIpc) is 2.59. The minimum Gasteiger partial charge on any atom is -0.466 e. The second-order valence-corrected chi connectivity index (χ2v) is 12.2. The second kappa shape index (κ2) is 9.26. The Morgan fingerprint density at radius 3 is 2.58 bits per heavy atom. The molecule has 0 amide bonds. The van der Waals surface area contributed by atoms with Gasteiger partial charge in [-0.3, -0.25) is 4.79 Å². The topological polar surface area (TPSA) is 73.9 Å². The van der Waals surface area contributed by atoms with Crippen LogP contribution in [0.1, 0.15) is 26.2 Å². The highest BCUT2D eigenvalue weighted by Crippen LogP contribution is 2.42. The first-order valence-electron chi connectivity index (χ1n) is 8.78. The first-order valence-corrected chi connectivity index (χ1v) is 12.3. The van der Waals surface area contributed by atoms with Crippen molar-refractivity contribution in [2.75, 3.05) is 6.61 Å². The van der Waals surface area contributed by atoms with E-state index in [1.54, 1.807) is 13.0 Å². The normalized spacial score (nSPS) is 19.5. The molecule has 0 aromatic rings. The molecule has 0 saturated carbocycles. The number of carbonyl (C=O) groups excluding carboxylic acids is 1. The molecule has 1 aliphatic carbocycles. The van der Waals surface area contributed by atoms with E-state index in [9.17, 15) is 15.3 Å². The van der Waals surface area contributed by atoms with Gasteiger partial charge in [-0.1, -0.05) is 32.3 Å². The van der Waals surface area contributed by atoms with Crippen LogP contribution in [0.15, 0.2) is 30.0 Å². The molecular formula is C21H26N2O2Si. The Kier molecular flexibility index (Phi) is 7.67. The van der Waals surface area contributed by atoms with E-state index in [1.807, 2.05) is 6.08 Å². The summed E-state index contributed by atoms with van der Waals surface area (Å²) in [7, 11) is -1.59. The summed E-state index contributed by atoms with van der Waals surface area (Å²) >= 11 is 0. The number of allylic oxidation sites excluding steroid dienone is 3. The number of nitriles is 2. The lowest BCUT2D eigenvalue weighted by Crippen LogP contribution is -2.31. The quantitative estimate of drug-likeness (QED) is 0.241. The molecule has 0 fully saturated rings. The molecule has 0 saturated heterocycles. The zero-order valence-electron chi connectivity index (χ0n) is 16.1. The van der Waals surface area contributed by atoms with Crippen LogP contribution in [0.2, 0.25) is 19.6 Å². The van der Waals surface area contributed by atoms with E-state index in [0.29, 0.717) is 25.0 Å². The Morgan fingerprint density at radius 1 is 1.42 bits per heavy atom. The predicted octanol–water partition coefficient (Wildman–Crippen LogP) is 4.15. The lowest BCUT2D eigenvalue weighted by Gasteiger charge is -2.32. The van der Waals surface area contributed by atoms with Crippen LogP contribution >= 0.6 is 0 Å². The number of carbonyl (C=O) groups is 1. The highest BCUT2D eigenvalue weighted by atomic mass is 28.3. The molecule has 0 heterocycles. The van der Waals surface area contributed by atoms with Crippen LogP contribution in [0, 0.1) is 51.4 Å². The molecule has 1 rings (SSSR count). The highest BCUT2D eigenvalue weighted by molar-refractivity contribution is 6.83. The van der Waals surface area contributed by atoms with Crippen molar-refractivity contribution in [2.45, 2.75) is 45.8 Å². The summed E-state index contributed by atoms with van der Waals surface area (Å²) < 4.78 is 5.12. The molecule has 2 atom stereocenters. The van der Waals surface area contributed by atoms with E-state index in [0.717, 1.165) is 0 Å². The molecule has 26 heavy (non-hydrogen) atoms. The Labute approximate surface area is 157 Å². The number of hydrogen-bond donors (Lipinski definition) is 0. The molecule has 0 aromatic carbocycles. The lowest BCUT2D eigenvalue weighted by atomic mass is 9.68. The molecule has 0 spiro atoms. The summed E-state index contributed by atoms with van der Waals surface area (Å²) in [5.41, 5.74) is 5.35. The number of rotatable bonds is 5. The molecule has 0 aromatic heterocycles. The number of hydrogen-bond acceptors (Lipinski definition) is 4. The standard InChI is InChI=1S/C21H26N2O2Si/c1-6-9-17-14-18(20(24)25-7-2)10-11-19(17)21(15-22,16-23)12-8-13-26(3,4)5/h9,11,17-18H,1,7,10,12,14H2,2-5H3/t17-,18+/m1/s1. The molecule has 0 aliphatic heterocycles. The van der Waals surface area contributed by atoms with Gasteiger partial charge in [0.25, 0.3) is 0 Å². The molecule has 136 valence electrons. The van der Waals surface area contributed by atoms with Gasteiger partial charge in [-0.25, -0.2) is 0 Å². The lowest BCUT2D eigenvalue weighted by molar-refractivity contribution is -0.148. The fourth-order valence-electron chi connectivity index (χ4n) is 2.97. The molecule has 0 radical (unpaired) electrons. The van der Waals surface area contributed by atoms with Gasteiger partial charge in [0.1, 0.15) is 8.07 Å². The number of nitrogens with zero attached hydrogens (tertiary/aromatic N) is 2. The van der Waals surface area contributed by atoms with Crippen molar-refractivity contribution < 1.29 is 9.53 Å². The first-order chi connectivity index (χ1) is 12.2. The van der Waals surface area contributed by atoms with E-state index in [2.05, 4.69) is 55.6 Å². The van der Waals surface area contributed by atoms with E-state index < -0.39 is 13.5 Å². The highest BCUT2D eigenvalue weighted by Gasteiger charge is 2.41. The zero-order valence-corrected chi connectivity index (χ0v) is 17.1. The third-order valence-corrected chi connectivity index (χ3v) is 5.12. The SMILES string of the molecule is C=C=C[C@@H]1C[C@@H](C(=O)OCC)CC=C1C(C#N)(C#N)CC#C[Si](C)(C)C. The maximum absolute atomic E-state index is 12.1. The van der Waals surface area contributed by atoms with Gasteiger partial charge in [0.05, 0.1) is 24.7 Å². The maximum atomic E-state index is 12.1. The maximum Gasteiger partial charge on any atom is 0.309 e. The Hall–Kier alpha value is -2.51. The van der Waals surface area contributed by atoms with E-state index in [4.69, 9.17) is 4.74 Å². The van der Waals surface area contributed by atoms with Crippen LogP contribution in [0.4, 0.5) is 0 Å². The van der Waals surface area contributed by atoms with Crippen LogP contribution in [-0.2, 0) is 9.53 Å². The van der Waals surface area contributed by atoms with Gasteiger partial charge >= 0.3 is 5.97 Å².